The first-order valence-corrected chi connectivity index (χ1v) is 13.8. The van der Waals surface area contributed by atoms with Crippen LogP contribution in [0.4, 0.5) is 5.00 Å². The molecule has 12 heteroatoms. The number of nitrogens with one attached hydrogen (secondary N) is 1. The number of carbonyl (C=O) groups excluding carboxylic acids is 3. The standard InChI is InChI=1S/C23H28N4O5S3/c1-7-14-13(5)33-10-15(14)19-25-26-23(27(19)6)34-11-16(28)24-20-17(21(29)31-8-2)12(4)18(35-20)22(30)32-9-3/h10H,7-9,11H2,1-6H3,(H,24,28). The molecule has 0 radical (unpaired) electrons. The number of rotatable bonds is 10. The molecule has 3 aromatic heterocycles. The fourth-order valence-electron chi connectivity index (χ4n) is 3.52. The average molecular weight is 537 g/mol. The lowest BCUT2D eigenvalue weighted by molar-refractivity contribution is -0.113. The highest BCUT2D eigenvalue weighted by molar-refractivity contribution is 7.99. The minimum Gasteiger partial charge on any atom is -0.462 e. The van der Waals surface area contributed by atoms with E-state index in [9.17, 15) is 14.4 Å². The summed E-state index contributed by atoms with van der Waals surface area (Å²) < 4.78 is 12.1. The molecule has 0 atom stereocenters. The van der Waals surface area contributed by atoms with Gasteiger partial charge in [-0.2, -0.15) is 0 Å². The van der Waals surface area contributed by atoms with E-state index in [1.165, 1.54) is 22.2 Å². The Morgan fingerprint density at radius 2 is 1.77 bits per heavy atom. The Labute approximate surface area is 216 Å². The van der Waals surface area contributed by atoms with Crippen molar-refractivity contribution < 1.29 is 23.9 Å². The van der Waals surface area contributed by atoms with Crippen molar-refractivity contribution in [3.63, 3.8) is 0 Å². The highest BCUT2D eigenvalue weighted by atomic mass is 32.2. The first-order valence-electron chi connectivity index (χ1n) is 11.1. The van der Waals surface area contributed by atoms with Crippen LogP contribution < -0.4 is 5.32 Å². The molecule has 0 bridgehead atoms. The van der Waals surface area contributed by atoms with E-state index in [0.29, 0.717) is 10.7 Å². The van der Waals surface area contributed by atoms with Crippen LogP contribution in [0.15, 0.2) is 10.5 Å². The molecule has 3 aromatic rings. The molecule has 35 heavy (non-hydrogen) atoms. The molecular formula is C23H28N4O5S3. The summed E-state index contributed by atoms with van der Waals surface area (Å²) in [4.78, 5) is 39.1. The maximum Gasteiger partial charge on any atom is 0.348 e. The minimum absolute atomic E-state index is 0.0449. The molecule has 0 spiro atoms. The van der Waals surface area contributed by atoms with Crippen LogP contribution in [0, 0.1) is 13.8 Å². The fraction of sp³-hybridized carbons (Fsp3) is 0.435. The van der Waals surface area contributed by atoms with Gasteiger partial charge in [0.2, 0.25) is 5.91 Å². The summed E-state index contributed by atoms with van der Waals surface area (Å²) in [5.41, 5.74) is 2.89. The van der Waals surface area contributed by atoms with Gasteiger partial charge in [-0.3, -0.25) is 4.79 Å². The quantitative estimate of drug-likeness (QED) is 0.289. The molecule has 0 aliphatic rings. The van der Waals surface area contributed by atoms with E-state index in [-0.39, 0.29) is 40.3 Å². The smallest absolute Gasteiger partial charge is 0.348 e. The van der Waals surface area contributed by atoms with Crippen LogP contribution >= 0.6 is 34.4 Å². The van der Waals surface area contributed by atoms with E-state index in [2.05, 4.69) is 34.7 Å². The van der Waals surface area contributed by atoms with Crippen molar-refractivity contribution in [2.24, 2.45) is 7.05 Å². The molecule has 0 unspecified atom stereocenters. The topological polar surface area (TPSA) is 112 Å². The largest absolute Gasteiger partial charge is 0.462 e. The van der Waals surface area contributed by atoms with Gasteiger partial charge in [0.25, 0.3) is 0 Å². The highest BCUT2D eigenvalue weighted by Crippen LogP contribution is 2.35. The molecular weight excluding hydrogens is 508 g/mol. The number of ether oxygens (including phenoxy) is 2. The third-order valence-corrected chi connectivity index (χ3v) is 8.37. The van der Waals surface area contributed by atoms with E-state index in [0.717, 1.165) is 29.1 Å². The predicted molar refractivity (Wildman–Crippen MR) is 139 cm³/mol. The summed E-state index contributed by atoms with van der Waals surface area (Å²) in [6, 6.07) is 0. The second-order valence-electron chi connectivity index (χ2n) is 7.44. The molecule has 3 rings (SSSR count). The normalized spacial score (nSPS) is 10.9. The van der Waals surface area contributed by atoms with Gasteiger partial charge in [0.15, 0.2) is 11.0 Å². The Hall–Kier alpha value is -2.70. The van der Waals surface area contributed by atoms with Crippen LogP contribution in [-0.4, -0.2) is 51.6 Å². The van der Waals surface area contributed by atoms with E-state index in [1.54, 1.807) is 32.1 Å². The van der Waals surface area contributed by atoms with Gasteiger partial charge in [-0.05, 0) is 45.2 Å². The lowest BCUT2D eigenvalue weighted by atomic mass is 10.1. The lowest BCUT2D eigenvalue weighted by Gasteiger charge is -2.07. The number of anilines is 1. The molecule has 0 aromatic carbocycles. The molecule has 1 amide bonds. The van der Waals surface area contributed by atoms with E-state index in [1.807, 2.05) is 11.6 Å². The molecule has 188 valence electrons. The van der Waals surface area contributed by atoms with Gasteiger partial charge in [-0.1, -0.05) is 18.7 Å². The Balaban J connectivity index is 1.77. The van der Waals surface area contributed by atoms with Crippen LogP contribution in [0.5, 0.6) is 0 Å². The van der Waals surface area contributed by atoms with Gasteiger partial charge in [0, 0.05) is 22.9 Å². The van der Waals surface area contributed by atoms with Gasteiger partial charge in [-0.15, -0.1) is 32.9 Å². The average Bonchev–Trinajstić information content (AvgIpc) is 3.47. The van der Waals surface area contributed by atoms with Crippen LogP contribution in [0.3, 0.4) is 0 Å². The number of hydrogen-bond acceptors (Lipinski definition) is 10. The van der Waals surface area contributed by atoms with Gasteiger partial charge < -0.3 is 19.4 Å². The van der Waals surface area contributed by atoms with Crippen molar-refractivity contribution in [1.82, 2.24) is 14.8 Å². The van der Waals surface area contributed by atoms with Crippen LogP contribution in [0.2, 0.25) is 0 Å². The third-order valence-electron chi connectivity index (χ3n) is 5.21. The number of nitrogens with zero attached hydrogens (tertiary/aromatic N) is 3. The molecule has 3 heterocycles. The van der Waals surface area contributed by atoms with E-state index in [4.69, 9.17) is 9.47 Å². The highest BCUT2D eigenvalue weighted by Gasteiger charge is 2.27. The van der Waals surface area contributed by atoms with Gasteiger partial charge in [0.05, 0.1) is 24.5 Å². The second kappa shape index (κ2) is 11.8. The summed E-state index contributed by atoms with van der Waals surface area (Å²) in [5, 5.41) is 14.3. The predicted octanol–water partition coefficient (Wildman–Crippen LogP) is 4.87. The zero-order chi connectivity index (χ0) is 25.7. The van der Waals surface area contributed by atoms with E-state index >= 15 is 0 Å². The van der Waals surface area contributed by atoms with Gasteiger partial charge in [-0.25, -0.2) is 9.59 Å². The maximum atomic E-state index is 12.8. The number of thiophene rings is 2. The summed E-state index contributed by atoms with van der Waals surface area (Å²) >= 11 is 3.92. The van der Waals surface area contributed by atoms with Crippen molar-refractivity contribution in [2.45, 2.75) is 46.2 Å². The summed E-state index contributed by atoms with van der Waals surface area (Å²) in [5.74, 6) is -0.690. The lowest BCUT2D eigenvalue weighted by Crippen LogP contribution is -2.16. The monoisotopic (exact) mass is 536 g/mol. The summed E-state index contributed by atoms with van der Waals surface area (Å²) in [7, 11) is 1.87. The zero-order valence-electron chi connectivity index (χ0n) is 20.5. The number of hydrogen-bond donors (Lipinski definition) is 1. The first-order chi connectivity index (χ1) is 16.7. The number of aromatic nitrogens is 3. The number of esters is 2. The van der Waals surface area contributed by atoms with E-state index < -0.39 is 11.9 Å². The van der Waals surface area contributed by atoms with Crippen molar-refractivity contribution >= 4 is 57.3 Å². The minimum atomic E-state index is -0.601. The summed E-state index contributed by atoms with van der Waals surface area (Å²) in [6.07, 6.45) is 0.902. The van der Waals surface area contributed by atoms with Crippen molar-refractivity contribution in [3.8, 4) is 11.4 Å². The Kier molecular flexibility index (Phi) is 9.09. The van der Waals surface area contributed by atoms with Crippen molar-refractivity contribution in [1.29, 1.82) is 0 Å². The number of thioether (sulfide) groups is 1. The molecule has 9 nitrogen and oxygen atoms in total. The fourth-order valence-corrected chi connectivity index (χ4v) is 6.27. The van der Waals surface area contributed by atoms with Gasteiger partial charge in [0.1, 0.15) is 9.88 Å². The SMILES string of the molecule is CCOC(=O)c1sc(NC(=O)CSc2nnc(-c3csc(C)c3CC)n2C)c(C(=O)OCC)c1C. The Bertz CT molecular complexity index is 1240. The molecule has 0 saturated heterocycles. The molecule has 0 aliphatic heterocycles. The molecule has 0 saturated carbocycles. The van der Waals surface area contributed by atoms with Crippen molar-refractivity contribution in [2.75, 3.05) is 24.3 Å². The van der Waals surface area contributed by atoms with Crippen LogP contribution in [-0.2, 0) is 27.7 Å². The van der Waals surface area contributed by atoms with Crippen LogP contribution in [0.1, 0.15) is 56.8 Å². The Morgan fingerprint density at radius 1 is 1.09 bits per heavy atom. The molecule has 0 aliphatic carbocycles. The first kappa shape index (κ1) is 26.9. The number of aryl methyl sites for hydroxylation is 1. The molecule has 0 fully saturated rings. The third kappa shape index (κ3) is 5.76. The zero-order valence-corrected chi connectivity index (χ0v) is 23.0. The van der Waals surface area contributed by atoms with Gasteiger partial charge >= 0.3 is 11.9 Å². The number of amides is 1. The van der Waals surface area contributed by atoms with Crippen molar-refractivity contribution in [3.05, 3.63) is 31.8 Å². The second-order valence-corrected chi connectivity index (χ2v) is 10.5. The summed E-state index contributed by atoms with van der Waals surface area (Å²) in [6.45, 7) is 9.60. The van der Waals surface area contributed by atoms with Crippen LogP contribution in [0.25, 0.3) is 11.4 Å². The Morgan fingerprint density at radius 3 is 2.43 bits per heavy atom. The molecule has 1 N–H and O–H groups in total. The number of carbonyl (C=O) groups is 3. The maximum absolute atomic E-state index is 12.8.